The van der Waals surface area contributed by atoms with Gasteiger partial charge in [-0.15, -0.1) is 0 Å². The molecule has 0 aliphatic carbocycles. The maximum atomic E-state index is 12.0. The van der Waals surface area contributed by atoms with Crippen molar-refractivity contribution in [1.29, 1.82) is 0 Å². The van der Waals surface area contributed by atoms with Crippen LogP contribution in [0.1, 0.15) is 6.42 Å². The predicted molar refractivity (Wildman–Crippen MR) is 89.1 cm³/mol. The molecule has 0 saturated carbocycles. The first-order chi connectivity index (χ1) is 11.2. The maximum absolute atomic E-state index is 12.0. The topological polar surface area (TPSA) is 78.1 Å². The summed E-state index contributed by atoms with van der Waals surface area (Å²) in [7, 11) is 0. The van der Waals surface area contributed by atoms with Crippen LogP contribution in [0.3, 0.4) is 0 Å². The summed E-state index contributed by atoms with van der Waals surface area (Å²) in [6, 6.07) is 5.66. The first-order valence-electron chi connectivity index (χ1n) is 7.48. The molecule has 3 rings (SSSR count). The molecule has 23 heavy (non-hydrogen) atoms. The lowest BCUT2D eigenvalue weighted by Gasteiger charge is -2.16. The molecular formula is C17H18N4O2. The van der Waals surface area contributed by atoms with Crippen LogP contribution in [0.15, 0.2) is 54.2 Å². The molecular weight excluding hydrogens is 292 g/mol. The number of H-pyrrole nitrogens is 1. The van der Waals surface area contributed by atoms with Gasteiger partial charge in [-0.05, 0) is 36.3 Å². The highest BCUT2D eigenvalue weighted by atomic mass is 16.2. The Hall–Kier alpha value is -2.89. The average molecular weight is 310 g/mol. The van der Waals surface area contributed by atoms with E-state index in [1.54, 1.807) is 23.5 Å². The van der Waals surface area contributed by atoms with Crippen molar-refractivity contribution in [2.24, 2.45) is 0 Å². The standard InChI is InChI=1S/C17H18N4O2/c1-2-16(22)21-8-5-14(11-21)20-15-9-13(10-19-17(15)23)12-3-6-18-7-4-12/h2-4,6-7,9-10,14,20H,1,5,8,11H2,(H,19,23)/t14-/m1/s1. The fraction of sp³-hybridized carbons (Fsp3) is 0.235. The van der Waals surface area contributed by atoms with Crippen molar-refractivity contribution in [2.45, 2.75) is 12.5 Å². The number of nitrogens with zero attached hydrogens (tertiary/aromatic N) is 2. The van der Waals surface area contributed by atoms with E-state index in [2.05, 4.69) is 21.9 Å². The fourth-order valence-corrected chi connectivity index (χ4v) is 2.73. The smallest absolute Gasteiger partial charge is 0.271 e. The molecule has 1 aliphatic rings. The third-order valence-corrected chi connectivity index (χ3v) is 3.95. The van der Waals surface area contributed by atoms with Crippen LogP contribution >= 0.6 is 0 Å². The second-order valence-corrected chi connectivity index (χ2v) is 5.49. The van der Waals surface area contributed by atoms with E-state index in [-0.39, 0.29) is 17.5 Å². The minimum absolute atomic E-state index is 0.0627. The third-order valence-electron chi connectivity index (χ3n) is 3.95. The van der Waals surface area contributed by atoms with Crippen molar-refractivity contribution in [1.82, 2.24) is 14.9 Å². The third kappa shape index (κ3) is 3.31. The van der Waals surface area contributed by atoms with Crippen molar-refractivity contribution >= 4 is 11.6 Å². The van der Waals surface area contributed by atoms with Crippen LogP contribution in [0.2, 0.25) is 0 Å². The van der Waals surface area contributed by atoms with Crippen LogP contribution in [0.4, 0.5) is 5.69 Å². The lowest BCUT2D eigenvalue weighted by atomic mass is 10.1. The molecule has 2 aromatic rings. The number of hydrogen-bond donors (Lipinski definition) is 2. The van der Waals surface area contributed by atoms with Gasteiger partial charge in [0.2, 0.25) is 5.91 Å². The molecule has 6 nitrogen and oxygen atoms in total. The lowest BCUT2D eigenvalue weighted by Crippen LogP contribution is -2.31. The Balaban J connectivity index is 1.77. The largest absolute Gasteiger partial charge is 0.376 e. The Morgan fingerprint density at radius 3 is 2.91 bits per heavy atom. The molecule has 0 spiro atoms. The van der Waals surface area contributed by atoms with Gasteiger partial charge in [0.05, 0.1) is 0 Å². The highest BCUT2D eigenvalue weighted by Gasteiger charge is 2.25. The zero-order valence-electron chi connectivity index (χ0n) is 12.7. The van der Waals surface area contributed by atoms with E-state index in [1.807, 2.05) is 18.2 Å². The van der Waals surface area contributed by atoms with Crippen LogP contribution < -0.4 is 10.9 Å². The number of nitrogens with one attached hydrogen (secondary N) is 2. The maximum Gasteiger partial charge on any atom is 0.271 e. The molecule has 0 aromatic carbocycles. The number of aromatic amines is 1. The second-order valence-electron chi connectivity index (χ2n) is 5.49. The summed E-state index contributed by atoms with van der Waals surface area (Å²) in [5.74, 6) is -0.0752. The molecule has 1 amide bonds. The normalized spacial score (nSPS) is 17.0. The van der Waals surface area contributed by atoms with Gasteiger partial charge in [0.1, 0.15) is 5.69 Å². The van der Waals surface area contributed by atoms with Crippen molar-refractivity contribution in [3.63, 3.8) is 0 Å². The Morgan fingerprint density at radius 1 is 1.39 bits per heavy atom. The number of aromatic nitrogens is 2. The van der Waals surface area contributed by atoms with E-state index < -0.39 is 0 Å². The molecule has 0 unspecified atom stereocenters. The second kappa shape index (κ2) is 6.48. The number of carbonyl (C=O) groups is 1. The molecule has 0 bridgehead atoms. The molecule has 118 valence electrons. The van der Waals surface area contributed by atoms with Crippen LogP contribution in [0, 0.1) is 0 Å². The number of carbonyl (C=O) groups excluding carboxylic acids is 1. The van der Waals surface area contributed by atoms with Crippen LogP contribution in [-0.2, 0) is 4.79 Å². The van der Waals surface area contributed by atoms with E-state index in [1.165, 1.54) is 6.08 Å². The van der Waals surface area contributed by atoms with E-state index in [0.717, 1.165) is 17.5 Å². The molecule has 1 aliphatic heterocycles. The van der Waals surface area contributed by atoms with Gasteiger partial charge in [-0.3, -0.25) is 14.6 Å². The first-order valence-corrected chi connectivity index (χ1v) is 7.48. The van der Waals surface area contributed by atoms with E-state index in [0.29, 0.717) is 18.8 Å². The van der Waals surface area contributed by atoms with Gasteiger partial charge >= 0.3 is 0 Å². The summed E-state index contributed by atoms with van der Waals surface area (Å²) in [6.07, 6.45) is 7.23. The number of pyridine rings is 2. The SMILES string of the molecule is C=CC(=O)N1CC[C@@H](Nc2cc(-c3ccncc3)c[nH]c2=O)C1. The minimum atomic E-state index is -0.170. The Labute approximate surface area is 133 Å². The number of likely N-dealkylation sites (tertiary alicyclic amines) is 1. The quantitative estimate of drug-likeness (QED) is 0.842. The number of hydrogen-bond acceptors (Lipinski definition) is 4. The molecule has 2 N–H and O–H groups in total. The summed E-state index contributed by atoms with van der Waals surface area (Å²) in [6.45, 7) is 4.75. The van der Waals surface area contributed by atoms with Gasteiger partial charge in [-0.25, -0.2) is 0 Å². The first kappa shape index (κ1) is 15.0. The van der Waals surface area contributed by atoms with Gasteiger partial charge < -0.3 is 15.2 Å². The average Bonchev–Trinajstić information content (AvgIpc) is 3.05. The predicted octanol–water partition coefficient (Wildman–Crippen LogP) is 1.64. The molecule has 3 heterocycles. The van der Waals surface area contributed by atoms with E-state index in [9.17, 15) is 9.59 Å². The Kier molecular flexibility index (Phi) is 4.23. The molecule has 0 radical (unpaired) electrons. The zero-order chi connectivity index (χ0) is 16.2. The summed E-state index contributed by atoms with van der Waals surface area (Å²) in [5.41, 5.74) is 2.23. The van der Waals surface area contributed by atoms with Gasteiger partial charge in [-0.2, -0.15) is 0 Å². The number of anilines is 1. The van der Waals surface area contributed by atoms with Gasteiger partial charge in [-0.1, -0.05) is 6.58 Å². The summed E-state index contributed by atoms with van der Waals surface area (Å²) < 4.78 is 0. The molecule has 1 saturated heterocycles. The molecule has 1 fully saturated rings. The summed E-state index contributed by atoms with van der Waals surface area (Å²) >= 11 is 0. The fourth-order valence-electron chi connectivity index (χ4n) is 2.73. The number of amides is 1. The van der Waals surface area contributed by atoms with Crippen LogP contribution in [-0.4, -0.2) is 39.9 Å². The van der Waals surface area contributed by atoms with Crippen LogP contribution in [0.5, 0.6) is 0 Å². The van der Waals surface area contributed by atoms with Gasteiger partial charge in [0.25, 0.3) is 5.56 Å². The van der Waals surface area contributed by atoms with Crippen molar-refractivity contribution in [3.05, 3.63) is 59.8 Å². The van der Waals surface area contributed by atoms with Crippen molar-refractivity contribution < 1.29 is 4.79 Å². The summed E-state index contributed by atoms with van der Waals surface area (Å²) in [4.78, 5) is 32.1. The molecule has 2 aromatic heterocycles. The molecule has 6 heteroatoms. The summed E-state index contributed by atoms with van der Waals surface area (Å²) in [5, 5.41) is 3.24. The zero-order valence-corrected chi connectivity index (χ0v) is 12.7. The Bertz CT molecular complexity index is 770. The van der Waals surface area contributed by atoms with E-state index >= 15 is 0 Å². The van der Waals surface area contributed by atoms with Crippen LogP contribution in [0.25, 0.3) is 11.1 Å². The highest BCUT2D eigenvalue weighted by Crippen LogP contribution is 2.20. The highest BCUT2D eigenvalue weighted by molar-refractivity contribution is 5.87. The molecule has 1 atom stereocenters. The van der Waals surface area contributed by atoms with Gasteiger partial charge in [0.15, 0.2) is 0 Å². The Morgan fingerprint density at radius 2 is 2.17 bits per heavy atom. The number of rotatable bonds is 4. The minimum Gasteiger partial charge on any atom is -0.376 e. The van der Waals surface area contributed by atoms with Crippen molar-refractivity contribution in [3.8, 4) is 11.1 Å². The lowest BCUT2D eigenvalue weighted by molar-refractivity contribution is -0.125. The van der Waals surface area contributed by atoms with Crippen molar-refractivity contribution in [2.75, 3.05) is 18.4 Å². The monoisotopic (exact) mass is 310 g/mol. The van der Waals surface area contributed by atoms with E-state index in [4.69, 9.17) is 0 Å². The van der Waals surface area contributed by atoms with Gasteiger partial charge in [0, 0.05) is 43.3 Å².